The summed E-state index contributed by atoms with van der Waals surface area (Å²) < 4.78 is 10.7. The van der Waals surface area contributed by atoms with E-state index in [0.29, 0.717) is 23.8 Å². The summed E-state index contributed by atoms with van der Waals surface area (Å²) in [6, 6.07) is 13.8. The normalized spacial score (nSPS) is 14.5. The number of thioether (sulfide) groups is 1. The number of benzene rings is 2. The predicted molar refractivity (Wildman–Crippen MR) is 120 cm³/mol. The summed E-state index contributed by atoms with van der Waals surface area (Å²) in [6.45, 7) is 2.22. The van der Waals surface area contributed by atoms with Gasteiger partial charge in [0.05, 0.1) is 11.5 Å². The zero-order chi connectivity index (χ0) is 22.2. The Morgan fingerprint density at radius 1 is 1.10 bits per heavy atom. The lowest BCUT2D eigenvalue weighted by molar-refractivity contribution is -0.127. The standard InChI is InChI=1S/C23H20N2O5S/c1-3-13-30-19-9-5-16(6-10-19)14-20-22(27)25(23(28)31-20)15-21(26)24-17-7-11-18(12-8-17)29-4-2/h1,5-12,14H,4,13,15H2,2H3,(H,24,26). The largest absolute Gasteiger partial charge is 0.494 e. The fourth-order valence-corrected chi connectivity index (χ4v) is 3.56. The van der Waals surface area contributed by atoms with Crippen LogP contribution in [0, 0.1) is 12.3 Å². The molecule has 0 unspecified atom stereocenters. The highest BCUT2D eigenvalue weighted by molar-refractivity contribution is 8.18. The molecule has 0 spiro atoms. The van der Waals surface area contributed by atoms with Crippen molar-refractivity contribution in [1.29, 1.82) is 0 Å². The van der Waals surface area contributed by atoms with Crippen LogP contribution in [0.25, 0.3) is 6.08 Å². The molecule has 8 heteroatoms. The molecule has 1 aliphatic rings. The molecule has 0 aliphatic carbocycles. The van der Waals surface area contributed by atoms with Gasteiger partial charge in [0.25, 0.3) is 11.1 Å². The van der Waals surface area contributed by atoms with Crippen LogP contribution in [0.1, 0.15) is 12.5 Å². The van der Waals surface area contributed by atoms with Gasteiger partial charge >= 0.3 is 0 Å². The average molecular weight is 436 g/mol. The van der Waals surface area contributed by atoms with Crippen LogP contribution in [0.4, 0.5) is 10.5 Å². The molecule has 31 heavy (non-hydrogen) atoms. The highest BCUT2D eigenvalue weighted by atomic mass is 32.2. The minimum absolute atomic E-state index is 0.164. The minimum Gasteiger partial charge on any atom is -0.494 e. The molecule has 0 aromatic heterocycles. The van der Waals surface area contributed by atoms with Crippen LogP contribution in [0.3, 0.4) is 0 Å². The van der Waals surface area contributed by atoms with Crippen LogP contribution in [-0.2, 0) is 9.59 Å². The van der Waals surface area contributed by atoms with Gasteiger partial charge in [0.15, 0.2) is 0 Å². The van der Waals surface area contributed by atoms with Crippen molar-refractivity contribution in [2.45, 2.75) is 6.92 Å². The van der Waals surface area contributed by atoms with Crippen molar-refractivity contribution in [2.75, 3.05) is 25.1 Å². The summed E-state index contributed by atoms with van der Waals surface area (Å²) in [7, 11) is 0. The first-order chi connectivity index (χ1) is 15.0. The van der Waals surface area contributed by atoms with Gasteiger partial charge in [0, 0.05) is 5.69 Å². The van der Waals surface area contributed by atoms with E-state index in [2.05, 4.69) is 11.2 Å². The summed E-state index contributed by atoms with van der Waals surface area (Å²) in [5, 5.41) is 2.18. The Bertz CT molecular complexity index is 1040. The van der Waals surface area contributed by atoms with E-state index >= 15 is 0 Å². The van der Waals surface area contributed by atoms with Crippen LogP contribution < -0.4 is 14.8 Å². The Labute approximate surface area is 184 Å². The van der Waals surface area contributed by atoms with E-state index in [1.165, 1.54) is 0 Å². The maximum atomic E-state index is 12.6. The summed E-state index contributed by atoms with van der Waals surface area (Å²) in [5.74, 6) is 2.69. The van der Waals surface area contributed by atoms with Gasteiger partial charge in [-0.3, -0.25) is 19.3 Å². The summed E-state index contributed by atoms with van der Waals surface area (Å²) in [6.07, 6.45) is 6.75. The number of rotatable bonds is 8. The van der Waals surface area contributed by atoms with Crippen molar-refractivity contribution in [3.8, 4) is 23.8 Å². The van der Waals surface area contributed by atoms with Gasteiger partial charge in [-0.2, -0.15) is 0 Å². The zero-order valence-electron chi connectivity index (χ0n) is 16.8. The molecule has 1 heterocycles. The van der Waals surface area contributed by atoms with Crippen molar-refractivity contribution in [3.63, 3.8) is 0 Å². The second-order valence-corrected chi connectivity index (χ2v) is 7.33. The Kier molecular flexibility index (Phi) is 7.35. The maximum absolute atomic E-state index is 12.6. The fraction of sp³-hybridized carbons (Fsp3) is 0.174. The molecule has 0 radical (unpaired) electrons. The molecule has 2 aromatic rings. The number of imide groups is 1. The highest BCUT2D eigenvalue weighted by Gasteiger charge is 2.36. The molecule has 2 aromatic carbocycles. The number of carbonyl (C=O) groups excluding carboxylic acids is 3. The molecular weight excluding hydrogens is 416 g/mol. The number of anilines is 1. The summed E-state index contributed by atoms with van der Waals surface area (Å²) in [4.78, 5) is 38.3. The Morgan fingerprint density at radius 3 is 2.39 bits per heavy atom. The number of carbonyl (C=O) groups is 3. The smallest absolute Gasteiger partial charge is 0.294 e. The molecule has 3 amide bonds. The molecule has 1 fully saturated rings. The quantitative estimate of drug-likeness (QED) is 0.501. The third-order valence-electron chi connectivity index (χ3n) is 4.12. The molecule has 1 aliphatic heterocycles. The minimum atomic E-state index is -0.510. The first-order valence-electron chi connectivity index (χ1n) is 9.44. The summed E-state index contributed by atoms with van der Waals surface area (Å²) >= 11 is 0.795. The van der Waals surface area contributed by atoms with Gasteiger partial charge in [0.1, 0.15) is 24.7 Å². The first kappa shape index (κ1) is 22.0. The van der Waals surface area contributed by atoms with Gasteiger partial charge in [-0.25, -0.2) is 0 Å². The third kappa shape index (κ3) is 5.90. The maximum Gasteiger partial charge on any atom is 0.294 e. The first-order valence-corrected chi connectivity index (χ1v) is 10.3. The van der Waals surface area contributed by atoms with Gasteiger partial charge < -0.3 is 14.8 Å². The van der Waals surface area contributed by atoms with Gasteiger partial charge in [-0.05, 0) is 66.7 Å². The Hall–Kier alpha value is -3.70. The lowest BCUT2D eigenvalue weighted by Crippen LogP contribution is -2.36. The van der Waals surface area contributed by atoms with Crippen LogP contribution in [0.15, 0.2) is 53.4 Å². The van der Waals surface area contributed by atoms with E-state index in [1.54, 1.807) is 54.6 Å². The number of terminal acetylenes is 1. The van der Waals surface area contributed by atoms with Gasteiger partial charge in [-0.1, -0.05) is 18.1 Å². The molecule has 7 nitrogen and oxygen atoms in total. The second-order valence-electron chi connectivity index (χ2n) is 6.34. The van der Waals surface area contributed by atoms with E-state index in [-0.39, 0.29) is 18.1 Å². The van der Waals surface area contributed by atoms with Crippen LogP contribution >= 0.6 is 11.8 Å². The summed E-state index contributed by atoms with van der Waals surface area (Å²) in [5.41, 5.74) is 1.26. The highest BCUT2D eigenvalue weighted by Crippen LogP contribution is 2.32. The van der Waals surface area contributed by atoms with Crippen LogP contribution in [0.5, 0.6) is 11.5 Å². The van der Waals surface area contributed by atoms with Crippen molar-refractivity contribution in [3.05, 3.63) is 59.0 Å². The fourth-order valence-electron chi connectivity index (χ4n) is 2.72. The van der Waals surface area contributed by atoms with E-state index in [1.807, 2.05) is 6.92 Å². The van der Waals surface area contributed by atoms with Gasteiger partial charge in [0.2, 0.25) is 5.91 Å². The SMILES string of the molecule is C#CCOc1ccc(C=C2SC(=O)N(CC(=O)Nc3ccc(OCC)cc3)C2=O)cc1. The predicted octanol–water partition coefficient (Wildman–Crippen LogP) is 3.77. The molecule has 0 bridgehead atoms. The molecule has 1 saturated heterocycles. The topological polar surface area (TPSA) is 84.9 Å². The lowest BCUT2D eigenvalue weighted by atomic mass is 10.2. The molecular formula is C23H20N2O5S. The molecule has 1 N–H and O–H groups in total. The molecule has 0 saturated carbocycles. The van der Waals surface area contributed by atoms with E-state index in [9.17, 15) is 14.4 Å². The Morgan fingerprint density at radius 2 is 1.74 bits per heavy atom. The molecule has 158 valence electrons. The second kappa shape index (κ2) is 10.4. The van der Waals surface area contributed by atoms with E-state index < -0.39 is 17.1 Å². The number of amides is 3. The zero-order valence-corrected chi connectivity index (χ0v) is 17.6. The number of nitrogens with one attached hydrogen (secondary N) is 1. The van der Waals surface area contributed by atoms with Crippen molar-refractivity contribution < 1.29 is 23.9 Å². The number of hydrogen-bond donors (Lipinski definition) is 1. The van der Waals surface area contributed by atoms with Crippen LogP contribution in [0.2, 0.25) is 0 Å². The van der Waals surface area contributed by atoms with Crippen molar-refractivity contribution >= 4 is 40.6 Å². The average Bonchev–Trinajstić information content (AvgIpc) is 3.02. The third-order valence-corrected chi connectivity index (χ3v) is 5.03. The van der Waals surface area contributed by atoms with Crippen molar-refractivity contribution in [1.82, 2.24) is 4.90 Å². The number of ether oxygens (including phenoxy) is 2. The van der Waals surface area contributed by atoms with Gasteiger partial charge in [-0.15, -0.1) is 6.42 Å². The van der Waals surface area contributed by atoms with E-state index in [4.69, 9.17) is 15.9 Å². The Balaban J connectivity index is 1.61. The van der Waals surface area contributed by atoms with Crippen molar-refractivity contribution in [2.24, 2.45) is 0 Å². The molecule has 0 atom stereocenters. The monoisotopic (exact) mass is 436 g/mol. The lowest BCUT2D eigenvalue weighted by Gasteiger charge is -2.12. The molecule has 3 rings (SSSR count). The van der Waals surface area contributed by atoms with E-state index in [0.717, 1.165) is 22.2 Å². The number of hydrogen-bond acceptors (Lipinski definition) is 6. The number of nitrogens with zero attached hydrogens (tertiary/aromatic N) is 1. The van der Waals surface area contributed by atoms with Crippen LogP contribution in [-0.4, -0.2) is 41.7 Å².